The van der Waals surface area contributed by atoms with Crippen molar-refractivity contribution in [3.8, 4) is 0 Å². The number of hydrogen-bond acceptors (Lipinski definition) is 3. The molecular weight excluding hydrogens is 272 g/mol. The molecule has 0 saturated carbocycles. The standard InChI is InChI=1S/C14H22N4O3/c19-13(20)5-4-12-3-1-8-17(11-12)14(21)15-7-10-18-9-2-6-16-18/h2,6,9,12H,1,3-5,7-8,10-11H2,(H,15,21)(H,19,20). The van der Waals surface area contributed by atoms with E-state index in [0.717, 1.165) is 19.4 Å². The fourth-order valence-electron chi connectivity index (χ4n) is 2.63. The van der Waals surface area contributed by atoms with E-state index >= 15 is 0 Å². The largest absolute Gasteiger partial charge is 0.481 e. The molecule has 2 heterocycles. The number of nitrogens with one attached hydrogen (secondary N) is 1. The second-order valence-electron chi connectivity index (χ2n) is 5.39. The molecule has 1 aliphatic rings. The van der Waals surface area contributed by atoms with Crippen molar-refractivity contribution < 1.29 is 14.7 Å². The summed E-state index contributed by atoms with van der Waals surface area (Å²) in [4.78, 5) is 24.5. The number of aromatic nitrogens is 2. The van der Waals surface area contributed by atoms with E-state index in [1.165, 1.54) is 0 Å². The molecule has 0 spiro atoms. The molecule has 7 nitrogen and oxygen atoms in total. The summed E-state index contributed by atoms with van der Waals surface area (Å²) in [5, 5.41) is 15.7. The maximum absolute atomic E-state index is 12.1. The van der Waals surface area contributed by atoms with Gasteiger partial charge in [-0.3, -0.25) is 9.48 Å². The lowest BCUT2D eigenvalue weighted by Gasteiger charge is -2.32. The quantitative estimate of drug-likeness (QED) is 0.824. The molecule has 2 N–H and O–H groups in total. The molecule has 0 aliphatic carbocycles. The van der Waals surface area contributed by atoms with Crippen LogP contribution < -0.4 is 5.32 Å². The summed E-state index contributed by atoms with van der Waals surface area (Å²) in [6, 6.07) is 1.78. The van der Waals surface area contributed by atoms with Crippen molar-refractivity contribution in [2.75, 3.05) is 19.6 Å². The van der Waals surface area contributed by atoms with E-state index in [4.69, 9.17) is 5.11 Å². The van der Waals surface area contributed by atoms with Gasteiger partial charge < -0.3 is 15.3 Å². The molecule has 1 atom stereocenters. The van der Waals surface area contributed by atoms with Gasteiger partial charge in [0.05, 0.1) is 6.54 Å². The molecule has 2 rings (SSSR count). The van der Waals surface area contributed by atoms with Gasteiger partial charge in [-0.1, -0.05) is 0 Å². The van der Waals surface area contributed by atoms with Crippen molar-refractivity contribution in [2.24, 2.45) is 5.92 Å². The Balaban J connectivity index is 1.70. The van der Waals surface area contributed by atoms with Crippen LogP contribution >= 0.6 is 0 Å². The molecule has 116 valence electrons. The number of likely N-dealkylation sites (tertiary alicyclic amines) is 1. The van der Waals surface area contributed by atoms with Crippen LogP contribution in [0.25, 0.3) is 0 Å². The zero-order valence-electron chi connectivity index (χ0n) is 12.1. The van der Waals surface area contributed by atoms with Crippen LogP contribution in [0, 0.1) is 5.92 Å². The number of piperidine rings is 1. The van der Waals surface area contributed by atoms with Crippen molar-refractivity contribution in [1.29, 1.82) is 0 Å². The average molecular weight is 294 g/mol. The van der Waals surface area contributed by atoms with Crippen LogP contribution in [-0.4, -0.2) is 51.4 Å². The molecule has 0 aromatic carbocycles. The summed E-state index contributed by atoms with van der Waals surface area (Å²) in [7, 11) is 0. The zero-order valence-corrected chi connectivity index (χ0v) is 12.1. The normalized spacial score (nSPS) is 18.5. The number of nitrogens with zero attached hydrogens (tertiary/aromatic N) is 3. The molecular formula is C14H22N4O3. The molecule has 1 fully saturated rings. The highest BCUT2D eigenvalue weighted by molar-refractivity contribution is 5.74. The first kappa shape index (κ1) is 15.3. The summed E-state index contributed by atoms with van der Waals surface area (Å²) < 4.78 is 1.77. The molecule has 1 aliphatic heterocycles. The topological polar surface area (TPSA) is 87.5 Å². The van der Waals surface area contributed by atoms with Gasteiger partial charge in [-0.2, -0.15) is 5.10 Å². The number of aliphatic carboxylic acids is 1. The van der Waals surface area contributed by atoms with Crippen molar-refractivity contribution >= 4 is 12.0 Å². The predicted octanol–water partition coefficient (Wildman–Crippen LogP) is 1.17. The number of urea groups is 1. The molecule has 1 aromatic rings. The maximum atomic E-state index is 12.1. The first-order valence-electron chi connectivity index (χ1n) is 7.37. The van der Waals surface area contributed by atoms with Gasteiger partial charge >= 0.3 is 12.0 Å². The maximum Gasteiger partial charge on any atom is 0.317 e. The number of carboxylic acids is 1. The molecule has 0 bridgehead atoms. The monoisotopic (exact) mass is 294 g/mol. The lowest BCUT2D eigenvalue weighted by Crippen LogP contribution is -2.46. The Morgan fingerprint density at radius 1 is 1.43 bits per heavy atom. The average Bonchev–Trinajstić information content (AvgIpc) is 2.98. The van der Waals surface area contributed by atoms with Gasteiger partial charge in [0.25, 0.3) is 0 Å². The minimum Gasteiger partial charge on any atom is -0.481 e. The van der Waals surface area contributed by atoms with E-state index in [9.17, 15) is 9.59 Å². The van der Waals surface area contributed by atoms with Crippen molar-refractivity contribution in [2.45, 2.75) is 32.2 Å². The first-order chi connectivity index (χ1) is 10.1. The van der Waals surface area contributed by atoms with E-state index in [1.54, 1.807) is 15.8 Å². The number of carbonyl (C=O) groups is 2. The molecule has 1 saturated heterocycles. The number of rotatable bonds is 6. The van der Waals surface area contributed by atoms with E-state index in [0.29, 0.717) is 32.0 Å². The lowest BCUT2D eigenvalue weighted by atomic mass is 9.93. The number of carboxylic acid groups (broad SMARTS) is 1. The summed E-state index contributed by atoms with van der Waals surface area (Å²) in [5.41, 5.74) is 0. The molecule has 21 heavy (non-hydrogen) atoms. The van der Waals surface area contributed by atoms with Crippen LogP contribution in [0.5, 0.6) is 0 Å². The lowest BCUT2D eigenvalue weighted by molar-refractivity contribution is -0.137. The minimum absolute atomic E-state index is 0.0674. The third kappa shape index (κ3) is 5.09. The molecule has 1 unspecified atom stereocenters. The highest BCUT2D eigenvalue weighted by Crippen LogP contribution is 2.20. The fraction of sp³-hybridized carbons (Fsp3) is 0.643. The SMILES string of the molecule is O=C(O)CCC1CCCN(C(=O)NCCn2cccn2)C1. The Bertz CT molecular complexity index is 461. The van der Waals surface area contributed by atoms with Crippen LogP contribution in [0.1, 0.15) is 25.7 Å². The highest BCUT2D eigenvalue weighted by Gasteiger charge is 2.23. The van der Waals surface area contributed by atoms with E-state index in [2.05, 4.69) is 10.4 Å². The Hall–Kier alpha value is -2.05. The Morgan fingerprint density at radius 2 is 2.29 bits per heavy atom. The number of amides is 2. The van der Waals surface area contributed by atoms with Gasteiger partial charge in [0, 0.05) is 38.4 Å². The second kappa shape index (κ2) is 7.66. The third-order valence-electron chi connectivity index (χ3n) is 3.75. The zero-order chi connectivity index (χ0) is 15.1. The highest BCUT2D eigenvalue weighted by atomic mass is 16.4. The minimum atomic E-state index is -0.768. The smallest absolute Gasteiger partial charge is 0.317 e. The van der Waals surface area contributed by atoms with Gasteiger partial charge in [-0.05, 0) is 31.2 Å². The van der Waals surface area contributed by atoms with E-state index in [1.807, 2.05) is 12.3 Å². The van der Waals surface area contributed by atoms with Crippen LogP contribution in [-0.2, 0) is 11.3 Å². The summed E-state index contributed by atoms with van der Waals surface area (Å²) >= 11 is 0. The van der Waals surface area contributed by atoms with Crippen molar-refractivity contribution in [3.05, 3.63) is 18.5 Å². The third-order valence-corrected chi connectivity index (χ3v) is 3.75. The summed E-state index contributed by atoms with van der Waals surface area (Å²) in [5.74, 6) is -0.470. The van der Waals surface area contributed by atoms with Crippen molar-refractivity contribution in [3.63, 3.8) is 0 Å². The molecule has 7 heteroatoms. The number of carbonyl (C=O) groups excluding carboxylic acids is 1. The predicted molar refractivity (Wildman–Crippen MR) is 76.8 cm³/mol. The number of hydrogen-bond donors (Lipinski definition) is 2. The van der Waals surface area contributed by atoms with Gasteiger partial charge in [0.2, 0.25) is 0 Å². The van der Waals surface area contributed by atoms with Gasteiger partial charge in [-0.25, -0.2) is 4.79 Å². The Morgan fingerprint density at radius 3 is 3.00 bits per heavy atom. The Labute approximate surface area is 123 Å². The van der Waals surface area contributed by atoms with Gasteiger partial charge in [-0.15, -0.1) is 0 Å². The summed E-state index contributed by atoms with van der Waals surface area (Å²) in [6.07, 6.45) is 6.33. The Kier molecular flexibility index (Phi) is 5.59. The van der Waals surface area contributed by atoms with E-state index < -0.39 is 5.97 Å². The molecule has 1 aromatic heterocycles. The van der Waals surface area contributed by atoms with Gasteiger partial charge in [0.1, 0.15) is 0 Å². The first-order valence-corrected chi connectivity index (χ1v) is 7.37. The fourth-order valence-corrected chi connectivity index (χ4v) is 2.63. The summed E-state index contributed by atoms with van der Waals surface area (Å²) in [6.45, 7) is 2.59. The van der Waals surface area contributed by atoms with Crippen LogP contribution in [0.3, 0.4) is 0 Å². The van der Waals surface area contributed by atoms with Gasteiger partial charge in [0.15, 0.2) is 0 Å². The molecule has 0 radical (unpaired) electrons. The van der Waals surface area contributed by atoms with Crippen LogP contribution in [0.15, 0.2) is 18.5 Å². The van der Waals surface area contributed by atoms with Crippen LogP contribution in [0.2, 0.25) is 0 Å². The van der Waals surface area contributed by atoms with Crippen molar-refractivity contribution in [1.82, 2.24) is 20.0 Å². The van der Waals surface area contributed by atoms with Crippen LogP contribution in [0.4, 0.5) is 4.79 Å². The van der Waals surface area contributed by atoms with E-state index in [-0.39, 0.29) is 12.5 Å². The molecule has 2 amide bonds. The second-order valence-corrected chi connectivity index (χ2v) is 5.39.